The van der Waals surface area contributed by atoms with E-state index in [1.807, 2.05) is 22.7 Å². The lowest BCUT2D eigenvalue weighted by Crippen LogP contribution is -2.52. The lowest BCUT2D eigenvalue weighted by molar-refractivity contribution is -0.131. The highest BCUT2D eigenvalue weighted by atomic mass is 16.2. The van der Waals surface area contributed by atoms with Crippen LogP contribution in [0.25, 0.3) is 5.65 Å². The quantitative estimate of drug-likeness (QED) is 0.743. The van der Waals surface area contributed by atoms with Crippen molar-refractivity contribution in [2.24, 2.45) is 0 Å². The second-order valence-electron chi connectivity index (χ2n) is 5.88. The largest absolute Gasteiger partial charge is 0.353 e. The van der Waals surface area contributed by atoms with E-state index in [0.29, 0.717) is 0 Å². The fourth-order valence-corrected chi connectivity index (χ4v) is 3.36. The third-order valence-corrected chi connectivity index (χ3v) is 4.65. The zero-order valence-electron chi connectivity index (χ0n) is 12.6. The first-order valence-corrected chi connectivity index (χ1v) is 7.62. The number of aromatic nitrogens is 4. The fourth-order valence-electron chi connectivity index (χ4n) is 3.36. The Balaban J connectivity index is 1.48. The maximum absolute atomic E-state index is 12.1. The van der Waals surface area contributed by atoms with Gasteiger partial charge in [0.2, 0.25) is 5.91 Å². The molecule has 116 valence electrons. The first-order chi connectivity index (χ1) is 10.7. The average Bonchev–Trinajstić information content (AvgIpc) is 3.15. The highest BCUT2D eigenvalue weighted by molar-refractivity contribution is 5.83. The topological polar surface area (TPSA) is 69.9 Å². The van der Waals surface area contributed by atoms with E-state index in [2.05, 4.69) is 24.9 Å². The number of rotatable bonds is 2. The normalized spacial score (nSPS) is 23.7. The molecule has 2 fully saturated rings. The van der Waals surface area contributed by atoms with Gasteiger partial charge >= 0.3 is 0 Å². The number of amides is 1. The zero-order valence-corrected chi connectivity index (χ0v) is 12.6. The van der Waals surface area contributed by atoms with Crippen molar-refractivity contribution in [1.82, 2.24) is 29.4 Å². The highest BCUT2D eigenvalue weighted by Gasteiger charge is 2.35. The maximum atomic E-state index is 12.1. The number of nitrogens with zero attached hydrogens (tertiary/aromatic N) is 7. The van der Waals surface area contributed by atoms with Gasteiger partial charge in [-0.2, -0.15) is 9.61 Å². The van der Waals surface area contributed by atoms with Gasteiger partial charge in [0.05, 0.1) is 18.4 Å². The molecule has 1 amide bonds. The minimum absolute atomic E-state index is 0.0624. The van der Waals surface area contributed by atoms with Gasteiger partial charge in [-0.05, 0) is 6.42 Å². The van der Waals surface area contributed by atoms with E-state index >= 15 is 0 Å². The van der Waals surface area contributed by atoms with E-state index in [9.17, 15) is 4.79 Å². The molecule has 4 heterocycles. The summed E-state index contributed by atoms with van der Waals surface area (Å²) in [7, 11) is 1.88. The Bertz CT molecular complexity index is 691. The molecule has 2 saturated heterocycles. The van der Waals surface area contributed by atoms with E-state index in [-0.39, 0.29) is 11.9 Å². The number of likely N-dealkylation sites (N-methyl/N-ethyl adjacent to an activating group) is 1. The van der Waals surface area contributed by atoms with Crippen molar-refractivity contribution >= 4 is 17.4 Å². The number of piperazine rings is 1. The fraction of sp³-hybridized carbons (Fsp3) is 0.571. The Morgan fingerprint density at radius 1 is 1.14 bits per heavy atom. The molecule has 2 aromatic heterocycles. The molecule has 0 aromatic carbocycles. The molecule has 4 rings (SSSR count). The van der Waals surface area contributed by atoms with Crippen LogP contribution in [0.5, 0.6) is 0 Å². The van der Waals surface area contributed by atoms with Crippen LogP contribution >= 0.6 is 0 Å². The summed E-state index contributed by atoms with van der Waals surface area (Å²) in [6.07, 6.45) is 6.02. The van der Waals surface area contributed by atoms with Gasteiger partial charge in [-0.3, -0.25) is 14.7 Å². The summed E-state index contributed by atoms with van der Waals surface area (Å²) >= 11 is 0. The molecule has 0 unspecified atom stereocenters. The molecule has 22 heavy (non-hydrogen) atoms. The van der Waals surface area contributed by atoms with Gasteiger partial charge in [0.25, 0.3) is 0 Å². The number of carbonyl (C=O) groups is 1. The maximum Gasteiger partial charge on any atom is 0.239 e. The minimum atomic E-state index is 0.0624. The Kier molecular flexibility index (Phi) is 3.18. The van der Waals surface area contributed by atoms with Crippen LogP contribution in [0, 0.1) is 0 Å². The van der Waals surface area contributed by atoms with Crippen molar-refractivity contribution in [3.8, 4) is 0 Å². The lowest BCUT2D eigenvalue weighted by Gasteiger charge is -2.37. The smallest absolute Gasteiger partial charge is 0.239 e. The van der Waals surface area contributed by atoms with Crippen LogP contribution in [0.1, 0.15) is 6.42 Å². The van der Waals surface area contributed by atoms with Gasteiger partial charge in [-0.1, -0.05) is 0 Å². The molecule has 0 spiro atoms. The van der Waals surface area contributed by atoms with E-state index in [4.69, 9.17) is 0 Å². The van der Waals surface area contributed by atoms with Gasteiger partial charge in [0.1, 0.15) is 6.33 Å². The average molecular weight is 301 g/mol. The van der Waals surface area contributed by atoms with E-state index < -0.39 is 0 Å². The minimum Gasteiger partial charge on any atom is -0.353 e. The number of hydrogen-bond acceptors (Lipinski definition) is 6. The van der Waals surface area contributed by atoms with Crippen LogP contribution < -0.4 is 4.90 Å². The van der Waals surface area contributed by atoms with Crippen LogP contribution in [0.3, 0.4) is 0 Å². The van der Waals surface area contributed by atoms with Crippen LogP contribution in [-0.2, 0) is 4.79 Å². The van der Waals surface area contributed by atoms with Gasteiger partial charge in [-0.15, -0.1) is 0 Å². The number of likely N-dealkylation sites (tertiary alicyclic amines) is 1. The second-order valence-corrected chi connectivity index (χ2v) is 5.88. The molecule has 2 aromatic rings. The van der Waals surface area contributed by atoms with Crippen molar-refractivity contribution in [2.45, 2.75) is 12.5 Å². The van der Waals surface area contributed by atoms with E-state index in [0.717, 1.165) is 50.6 Å². The molecule has 0 N–H and O–H groups in total. The molecule has 0 aliphatic carbocycles. The van der Waals surface area contributed by atoms with Crippen LogP contribution in [-0.4, -0.2) is 81.1 Å². The molecule has 0 radical (unpaired) electrons. The van der Waals surface area contributed by atoms with Crippen molar-refractivity contribution in [3.63, 3.8) is 0 Å². The van der Waals surface area contributed by atoms with Crippen molar-refractivity contribution in [1.29, 1.82) is 0 Å². The third-order valence-electron chi connectivity index (χ3n) is 4.65. The molecule has 2 aliphatic rings. The first kappa shape index (κ1) is 13.4. The first-order valence-electron chi connectivity index (χ1n) is 7.62. The summed E-state index contributed by atoms with van der Waals surface area (Å²) in [5.41, 5.74) is 0.757. The Hall–Kier alpha value is -2.22. The van der Waals surface area contributed by atoms with E-state index in [1.54, 1.807) is 12.5 Å². The highest BCUT2D eigenvalue weighted by Crippen LogP contribution is 2.20. The van der Waals surface area contributed by atoms with Gasteiger partial charge in [-0.25, -0.2) is 4.98 Å². The predicted molar refractivity (Wildman–Crippen MR) is 80.6 cm³/mol. The lowest BCUT2D eigenvalue weighted by atomic mass is 10.2. The molecular formula is C14H19N7O. The standard InChI is InChI=1S/C14H19N7O/c1-18-3-2-11(14(18)22)19-4-6-20(7-5-19)13-9-15-8-12-16-10-17-21(12)13/h8-11H,2-7H2,1H3/t11-/m1/s1. The molecule has 1 atom stereocenters. The Morgan fingerprint density at radius 3 is 2.68 bits per heavy atom. The van der Waals surface area contributed by atoms with Crippen molar-refractivity contribution < 1.29 is 4.79 Å². The SMILES string of the molecule is CN1CC[C@@H](N2CCN(c3cncc4ncnn34)CC2)C1=O. The molecule has 0 bridgehead atoms. The number of fused-ring (bicyclic) bond motifs is 1. The summed E-state index contributed by atoms with van der Waals surface area (Å²) in [6, 6.07) is 0.0624. The number of carbonyl (C=O) groups excluding carboxylic acids is 1. The van der Waals surface area contributed by atoms with Crippen molar-refractivity contribution in [2.75, 3.05) is 44.7 Å². The Labute approximate surface area is 128 Å². The van der Waals surface area contributed by atoms with Crippen LogP contribution in [0.4, 0.5) is 5.82 Å². The zero-order chi connectivity index (χ0) is 15.1. The molecule has 0 saturated carbocycles. The monoisotopic (exact) mass is 301 g/mol. The van der Waals surface area contributed by atoms with Crippen molar-refractivity contribution in [3.05, 3.63) is 18.7 Å². The van der Waals surface area contributed by atoms with Gasteiger partial charge in [0, 0.05) is 39.8 Å². The number of anilines is 1. The summed E-state index contributed by atoms with van der Waals surface area (Å²) in [5.74, 6) is 1.22. The molecule has 8 nitrogen and oxygen atoms in total. The third kappa shape index (κ3) is 2.10. The number of hydrogen-bond donors (Lipinski definition) is 0. The molecule has 2 aliphatic heterocycles. The molecular weight excluding hydrogens is 282 g/mol. The van der Waals surface area contributed by atoms with Gasteiger partial charge < -0.3 is 9.80 Å². The molecule has 8 heteroatoms. The summed E-state index contributed by atoms with van der Waals surface area (Å²) < 4.78 is 1.82. The van der Waals surface area contributed by atoms with E-state index in [1.165, 1.54) is 0 Å². The second kappa shape index (κ2) is 5.20. The summed E-state index contributed by atoms with van der Waals surface area (Å²) in [6.45, 7) is 4.37. The van der Waals surface area contributed by atoms with Gasteiger partial charge in [0.15, 0.2) is 11.5 Å². The van der Waals surface area contributed by atoms with Crippen LogP contribution in [0.2, 0.25) is 0 Å². The summed E-state index contributed by atoms with van der Waals surface area (Å²) in [4.78, 5) is 26.9. The van der Waals surface area contributed by atoms with Crippen LogP contribution in [0.15, 0.2) is 18.7 Å². The summed E-state index contributed by atoms with van der Waals surface area (Å²) in [5, 5.41) is 4.26. The predicted octanol–water partition coefficient (Wildman–Crippen LogP) is -0.523. The Morgan fingerprint density at radius 2 is 1.95 bits per heavy atom.